The smallest absolute Gasteiger partial charge is 0.387 e. The lowest BCUT2D eigenvalue weighted by Crippen LogP contribution is -2.37. The van der Waals surface area contributed by atoms with Crippen LogP contribution in [0, 0.1) is 16.0 Å². The van der Waals surface area contributed by atoms with Crippen LogP contribution in [0.2, 0.25) is 0 Å². The minimum Gasteiger partial charge on any atom is -0.466 e. The van der Waals surface area contributed by atoms with Crippen LogP contribution >= 0.6 is 0 Å². The van der Waals surface area contributed by atoms with Crippen LogP contribution < -0.4 is 4.90 Å². The van der Waals surface area contributed by atoms with Crippen molar-refractivity contribution in [1.29, 1.82) is 0 Å². The average Bonchev–Trinajstić information content (AvgIpc) is 2.62. The largest absolute Gasteiger partial charge is 0.466 e. The summed E-state index contributed by atoms with van der Waals surface area (Å²) in [6.45, 7) is 3.95. The molecule has 1 aromatic heterocycles. The quantitative estimate of drug-likeness (QED) is 0.307. The summed E-state index contributed by atoms with van der Waals surface area (Å²) in [6, 6.07) is 1.84. The molecule has 0 aromatic carbocycles. The number of carbonyl (C=O) groups is 1. The van der Waals surface area contributed by atoms with Gasteiger partial charge in [0.25, 0.3) is 0 Å². The predicted octanol–water partition coefficient (Wildman–Crippen LogP) is 2.35. The van der Waals surface area contributed by atoms with Crippen molar-refractivity contribution in [3.8, 4) is 0 Å². The number of rotatable bonds is 8. The van der Waals surface area contributed by atoms with Crippen LogP contribution in [-0.4, -0.2) is 49.3 Å². The van der Waals surface area contributed by atoms with Gasteiger partial charge >= 0.3 is 11.8 Å². The summed E-state index contributed by atoms with van der Waals surface area (Å²) in [5.74, 6) is -0.443. The molecule has 2 rings (SSSR count). The third kappa shape index (κ3) is 5.12. The molecule has 0 aliphatic carbocycles. The van der Waals surface area contributed by atoms with E-state index in [2.05, 4.69) is 4.98 Å². The number of aryl methyl sites for hydroxylation is 1. The first-order valence-electron chi connectivity index (χ1n) is 8.60. The van der Waals surface area contributed by atoms with Crippen molar-refractivity contribution in [2.24, 2.45) is 5.92 Å². The maximum atomic E-state index is 11.8. The zero-order chi connectivity index (χ0) is 18.2. The number of piperidine rings is 1. The van der Waals surface area contributed by atoms with Crippen LogP contribution in [0.3, 0.4) is 0 Å². The highest BCUT2D eigenvalue weighted by molar-refractivity contribution is 5.73. The van der Waals surface area contributed by atoms with Crippen molar-refractivity contribution in [3.63, 3.8) is 0 Å². The molecule has 8 nitrogen and oxygen atoms in total. The Balaban J connectivity index is 2.10. The van der Waals surface area contributed by atoms with Gasteiger partial charge in [0.2, 0.25) is 0 Å². The summed E-state index contributed by atoms with van der Waals surface area (Å²) in [5, 5.41) is 11.3. The van der Waals surface area contributed by atoms with Crippen molar-refractivity contribution in [3.05, 3.63) is 27.9 Å². The average molecular weight is 351 g/mol. The van der Waals surface area contributed by atoms with E-state index in [1.54, 1.807) is 20.2 Å². The molecular weight excluding hydrogens is 326 g/mol. The molecule has 0 N–H and O–H groups in total. The van der Waals surface area contributed by atoms with E-state index in [1.165, 1.54) is 0 Å². The fraction of sp³-hybridized carbons (Fsp3) is 0.647. The molecule has 0 atom stereocenters. The Morgan fingerprint density at radius 1 is 1.44 bits per heavy atom. The minimum absolute atomic E-state index is 0.131. The molecule has 138 valence electrons. The van der Waals surface area contributed by atoms with E-state index >= 15 is 0 Å². The summed E-state index contributed by atoms with van der Waals surface area (Å²) >= 11 is 0. The zero-order valence-electron chi connectivity index (χ0n) is 14.8. The van der Waals surface area contributed by atoms with Gasteiger partial charge < -0.3 is 24.5 Å². The molecule has 1 aliphatic heterocycles. The standard InChI is InChI=1S/C17H25N3O5/c1-3-25-17(21)14-6-8-19(9-7-14)15-11-13(5-4-10-24-2)12-18-16(15)20(22)23/h11-12,14H,3-10H2,1-2H3. The highest BCUT2D eigenvalue weighted by Gasteiger charge is 2.29. The number of hydrogen-bond acceptors (Lipinski definition) is 7. The Bertz CT molecular complexity index is 600. The zero-order valence-corrected chi connectivity index (χ0v) is 14.8. The number of anilines is 1. The minimum atomic E-state index is -0.453. The molecule has 2 heterocycles. The number of ether oxygens (including phenoxy) is 2. The monoisotopic (exact) mass is 351 g/mol. The van der Waals surface area contributed by atoms with Gasteiger partial charge in [-0.3, -0.25) is 4.79 Å². The molecule has 0 unspecified atom stereocenters. The first-order valence-corrected chi connectivity index (χ1v) is 8.60. The Labute approximate surface area is 147 Å². The third-order valence-corrected chi connectivity index (χ3v) is 4.35. The second-order valence-corrected chi connectivity index (χ2v) is 6.05. The van der Waals surface area contributed by atoms with Crippen LogP contribution in [0.4, 0.5) is 11.5 Å². The van der Waals surface area contributed by atoms with E-state index in [0.717, 1.165) is 18.4 Å². The molecule has 8 heteroatoms. The van der Waals surface area contributed by atoms with Gasteiger partial charge in [0.1, 0.15) is 11.9 Å². The van der Waals surface area contributed by atoms with Crippen LogP contribution in [0.15, 0.2) is 12.3 Å². The van der Waals surface area contributed by atoms with Gasteiger partial charge in [0.15, 0.2) is 0 Å². The second-order valence-electron chi connectivity index (χ2n) is 6.05. The number of methoxy groups -OCH3 is 1. The number of carbonyl (C=O) groups excluding carboxylic acids is 1. The van der Waals surface area contributed by atoms with Crippen molar-refractivity contribution >= 4 is 17.5 Å². The number of esters is 1. The number of nitro groups is 1. The molecule has 25 heavy (non-hydrogen) atoms. The van der Waals surface area contributed by atoms with Gasteiger partial charge in [-0.2, -0.15) is 0 Å². The summed E-state index contributed by atoms with van der Waals surface area (Å²) in [4.78, 5) is 28.7. The summed E-state index contributed by atoms with van der Waals surface area (Å²) in [7, 11) is 1.65. The predicted molar refractivity (Wildman–Crippen MR) is 92.7 cm³/mol. The number of pyridine rings is 1. The first-order chi connectivity index (χ1) is 12.1. The van der Waals surface area contributed by atoms with Gasteiger partial charge in [-0.25, -0.2) is 0 Å². The fourth-order valence-corrected chi connectivity index (χ4v) is 3.03. The molecular formula is C17H25N3O5. The van der Waals surface area contributed by atoms with E-state index < -0.39 is 4.92 Å². The molecule has 0 saturated carbocycles. The fourth-order valence-electron chi connectivity index (χ4n) is 3.03. The highest BCUT2D eigenvalue weighted by atomic mass is 16.6. The van der Waals surface area contributed by atoms with Gasteiger partial charge in [-0.15, -0.1) is 0 Å². The van der Waals surface area contributed by atoms with E-state index in [0.29, 0.717) is 44.8 Å². The first kappa shape index (κ1) is 19.1. The molecule has 1 fully saturated rings. The van der Waals surface area contributed by atoms with Crippen LogP contribution in [0.5, 0.6) is 0 Å². The maximum absolute atomic E-state index is 11.8. The molecule has 1 aromatic rings. The Morgan fingerprint density at radius 3 is 2.76 bits per heavy atom. The lowest BCUT2D eigenvalue weighted by atomic mass is 9.96. The van der Waals surface area contributed by atoms with E-state index in [-0.39, 0.29) is 17.7 Å². The van der Waals surface area contributed by atoms with Gasteiger partial charge in [0, 0.05) is 26.8 Å². The summed E-state index contributed by atoms with van der Waals surface area (Å²) in [6.07, 6.45) is 4.40. The molecule has 0 radical (unpaired) electrons. The third-order valence-electron chi connectivity index (χ3n) is 4.35. The topological polar surface area (TPSA) is 94.8 Å². The lowest BCUT2D eigenvalue weighted by molar-refractivity contribution is -0.388. The van der Waals surface area contributed by atoms with E-state index in [1.807, 2.05) is 11.0 Å². The lowest BCUT2D eigenvalue weighted by Gasteiger charge is -2.32. The molecule has 0 spiro atoms. The van der Waals surface area contributed by atoms with Gasteiger partial charge in [-0.05, 0) is 54.1 Å². The number of hydrogen-bond donors (Lipinski definition) is 0. The van der Waals surface area contributed by atoms with E-state index in [4.69, 9.17) is 9.47 Å². The number of nitrogens with zero attached hydrogens (tertiary/aromatic N) is 3. The SMILES string of the molecule is CCOC(=O)C1CCN(c2cc(CCCOC)cnc2[N+](=O)[O-])CC1. The summed E-state index contributed by atoms with van der Waals surface area (Å²) < 4.78 is 10.1. The van der Waals surface area contributed by atoms with Crippen LogP contribution in [0.25, 0.3) is 0 Å². The van der Waals surface area contributed by atoms with Crippen molar-refractivity contribution < 1.29 is 19.2 Å². The second kappa shape index (κ2) is 9.31. The Kier molecular flexibility index (Phi) is 7.12. The maximum Gasteiger partial charge on any atom is 0.387 e. The highest BCUT2D eigenvalue weighted by Crippen LogP contribution is 2.31. The van der Waals surface area contributed by atoms with Crippen LogP contribution in [0.1, 0.15) is 31.7 Å². The van der Waals surface area contributed by atoms with Gasteiger partial charge in [0.05, 0.1) is 12.5 Å². The number of aromatic nitrogens is 1. The van der Waals surface area contributed by atoms with Crippen LogP contribution in [-0.2, 0) is 20.7 Å². The van der Waals surface area contributed by atoms with Crippen molar-refractivity contribution in [2.45, 2.75) is 32.6 Å². The summed E-state index contributed by atoms with van der Waals surface area (Å²) in [5.41, 5.74) is 1.48. The molecule has 1 saturated heterocycles. The molecule has 0 amide bonds. The van der Waals surface area contributed by atoms with Crippen molar-refractivity contribution in [1.82, 2.24) is 4.98 Å². The Hall–Kier alpha value is -2.22. The molecule has 0 bridgehead atoms. The molecule has 1 aliphatic rings. The van der Waals surface area contributed by atoms with E-state index in [9.17, 15) is 14.9 Å². The Morgan fingerprint density at radius 2 is 2.16 bits per heavy atom. The van der Waals surface area contributed by atoms with Crippen molar-refractivity contribution in [2.75, 3.05) is 38.3 Å². The normalized spacial score (nSPS) is 15.2. The van der Waals surface area contributed by atoms with Gasteiger partial charge in [-0.1, -0.05) is 0 Å².